The Morgan fingerprint density at radius 1 is 1.35 bits per heavy atom. The van der Waals surface area contributed by atoms with Crippen molar-refractivity contribution in [3.8, 4) is 0 Å². The minimum Gasteiger partial charge on any atom is -0.319 e. The molecule has 0 aromatic carbocycles. The van der Waals surface area contributed by atoms with E-state index < -0.39 is 0 Å². The summed E-state index contributed by atoms with van der Waals surface area (Å²) >= 11 is 0. The lowest BCUT2D eigenvalue weighted by Crippen LogP contribution is -2.38. The minimum absolute atomic E-state index is 0.313. The molecule has 0 aliphatic heterocycles. The van der Waals surface area contributed by atoms with Gasteiger partial charge in [-0.1, -0.05) is 19.9 Å². The minimum atomic E-state index is 0.313. The number of pyridine rings is 1. The van der Waals surface area contributed by atoms with Crippen LogP contribution in [0.3, 0.4) is 0 Å². The van der Waals surface area contributed by atoms with Crippen molar-refractivity contribution < 1.29 is 0 Å². The van der Waals surface area contributed by atoms with Gasteiger partial charge in [0.2, 0.25) is 0 Å². The first-order valence-electron chi connectivity index (χ1n) is 6.26. The monoisotopic (exact) mass is 235 g/mol. The summed E-state index contributed by atoms with van der Waals surface area (Å²) in [7, 11) is 4.19. The van der Waals surface area contributed by atoms with Crippen LogP contribution in [-0.4, -0.2) is 43.6 Å². The number of hydrogen-bond donors (Lipinski definition) is 1. The number of aromatic nitrogens is 1. The summed E-state index contributed by atoms with van der Waals surface area (Å²) in [6.45, 7) is 7.79. The molecule has 17 heavy (non-hydrogen) atoms. The van der Waals surface area contributed by atoms with Gasteiger partial charge in [0.05, 0.1) is 0 Å². The fourth-order valence-corrected chi connectivity index (χ4v) is 2.20. The molecule has 0 saturated carbocycles. The van der Waals surface area contributed by atoms with Gasteiger partial charge < -0.3 is 10.2 Å². The summed E-state index contributed by atoms with van der Waals surface area (Å²) in [5.74, 6) is 0. The van der Waals surface area contributed by atoms with E-state index in [4.69, 9.17) is 0 Å². The third-order valence-electron chi connectivity index (χ3n) is 2.83. The Hall–Kier alpha value is -0.930. The fourth-order valence-electron chi connectivity index (χ4n) is 2.20. The van der Waals surface area contributed by atoms with Crippen molar-refractivity contribution in [1.29, 1.82) is 0 Å². The molecule has 1 rings (SSSR count). The van der Waals surface area contributed by atoms with E-state index in [9.17, 15) is 0 Å². The number of rotatable bonds is 7. The molecule has 96 valence electrons. The Morgan fingerprint density at radius 3 is 2.71 bits per heavy atom. The zero-order chi connectivity index (χ0) is 12.7. The van der Waals surface area contributed by atoms with Gasteiger partial charge in [-0.05, 0) is 31.6 Å². The average Bonchev–Trinajstić information content (AvgIpc) is 2.27. The molecule has 0 unspecified atom stereocenters. The second-order valence-electron chi connectivity index (χ2n) is 5.50. The van der Waals surface area contributed by atoms with Crippen LogP contribution >= 0.6 is 0 Å². The normalized spacial score (nSPS) is 12.1. The van der Waals surface area contributed by atoms with E-state index in [0.717, 1.165) is 26.1 Å². The van der Waals surface area contributed by atoms with E-state index in [1.165, 1.54) is 5.69 Å². The van der Waals surface area contributed by atoms with E-state index >= 15 is 0 Å². The summed E-state index contributed by atoms with van der Waals surface area (Å²) in [6.07, 6.45) is 2.88. The zero-order valence-corrected chi connectivity index (χ0v) is 11.5. The van der Waals surface area contributed by atoms with Gasteiger partial charge in [-0.15, -0.1) is 0 Å². The van der Waals surface area contributed by atoms with E-state index in [-0.39, 0.29) is 0 Å². The summed E-state index contributed by atoms with van der Waals surface area (Å²) in [6, 6.07) is 6.10. The van der Waals surface area contributed by atoms with Crippen LogP contribution in [0.4, 0.5) is 0 Å². The predicted octanol–water partition coefficient (Wildman–Crippen LogP) is 1.80. The van der Waals surface area contributed by atoms with Gasteiger partial charge in [-0.3, -0.25) is 4.98 Å². The number of nitrogens with one attached hydrogen (secondary N) is 1. The lowest BCUT2D eigenvalue weighted by molar-refractivity contribution is 0.208. The first-order chi connectivity index (χ1) is 8.03. The highest BCUT2D eigenvalue weighted by atomic mass is 15.1. The van der Waals surface area contributed by atoms with Gasteiger partial charge in [-0.25, -0.2) is 0 Å². The van der Waals surface area contributed by atoms with E-state index in [1.807, 2.05) is 25.4 Å². The highest BCUT2D eigenvalue weighted by Gasteiger charge is 2.18. The molecule has 0 saturated heterocycles. The molecule has 0 spiro atoms. The van der Waals surface area contributed by atoms with Crippen molar-refractivity contribution in [3.05, 3.63) is 30.1 Å². The molecule has 0 amide bonds. The predicted molar refractivity (Wildman–Crippen MR) is 73.1 cm³/mol. The van der Waals surface area contributed by atoms with Crippen molar-refractivity contribution in [2.24, 2.45) is 5.41 Å². The Morgan fingerprint density at radius 2 is 2.12 bits per heavy atom. The third kappa shape index (κ3) is 5.80. The maximum Gasteiger partial charge on any atom is 0.0416 e. The third-order valence-corrected chi connectivity index (χ3v) is 2.83. The molecule has 0 bridgehead atoms. The van der Waals surface area contributed by atoms with Crippen LogP contribution in [0.2, 0.25) is 0 Å². The lowest BCUT2D eigenvalue weighted by Gasteiger charge is -2.30. The van der Waals surface area contributed by atoms with E-state index in [1.54, 1.807) is 0 Å². The van der Waals surface area contributed by atoms with Crippen LogP contribution in [0.5, 0.6) is 0 Å². The molecule has 3 heteroatoms. The number of hydrogen-bond acceptors (Lipinski definition) is 3. The van der Waals surface area contributed by atoms with E-state index in [0.29, 0.717) is 5.41 Å². The molecule has 0 fully saturated rings. The van der Waals surface area contributed by atoms with Crippen molar-refractivity contribution >= 4 is 0 Å². The molecule has 1 heterocycles. The van der Waals surface area contributed by atoms with Crippen molar-refractivity contribution in [3.63, 3.8) is 0 Å². The molecule has 0 atom stereocenters. The van der Waals surface area contributed by atoms with Crippen molar-refractivity contribution in [2.75, 3.05) is 33.7 Å². The van der Waals surface area contributed by atoms with Crippen LogP contribution in [-0.2, 0) is 6.42 Å². The molecule has 3 nitrogen and oxygen atoms in total. The summed E-state index contributed by atoms with van der Waals surface area (Å²) in [4.78, 5) is 6.73. The fraction of sp³-hybridized carbons (Fsp3) is 0.643. The standard InChI is InChI=1S/C14H25N3/c1-14(2,11-15-3)12-17(4)10-8-13-7-5-6-9-16-13/h5-7,9,15H,8,10-12H2,1-4H3. The van der Waals surface area contributed by atoms with Crippen LogP contribution < -0.4 is 5.32 Å². The van der Waals surface area contributed by atoms with Crippen molar-refractivity contribution in [2.45, 2.75) is 20.3 Å². The van der Waals surface area contributed by atoms with Gasteiger partial charge in [-0.2, -0.15) is 0 Å². The maximum absolute atomic E-state index is 4.34. The van der Waals surface area contributed by atoms with Gasteiger partial charge >= 0.3 is 0 Å². The average molecular weight is 235 g/mol. The largest absolute Gasteiger partial charge is 0.319 e. The molecule has 1 aromatic rings. The van der Waals surface area contributed by atoms with Gasteiger partial charge in [0.1, 0.15) is 0 Å². The Balaban J connectivity index is 2.33. The Kier molecular flexibility index (Phi) is 5.59. The highest BCUT2D eigenvalue weighted by Crippen LogP contribution is 2.14. The van der Waals surface area contributed by atoms with Gasteiger partial charge in [0, 0.05) is 37.9 Å². The first kappa shape index (κ1) is 14.1. The molecule has 0 radical (unpaired) electrons. The molecule has 0 aliphatic carbocycles. The lowest BCUT2D eigenvalue weighted by atomic mass is 9.93. The summed E-state index contributed by atoms with van der Waals surface area (Å²) in [5, 5.41) is 3.25. The zero-order valence-electron chi connectivity index (χ0n) is 11.5. The summed E-state index contributed by atoms with van der Waals surface area (Å²) in [5.41, 5.74) is 1.49. The Bertz CT molecular complexity index is 309. The topological polar surface area (TPSA) is 28.2 Å². The van der Waals surface area contributed by atoms with Gasteiger partial charge in [0.15, 0.2) is 0 Å². The first-order valence-corrected chi connectivity index (χ1v) is 6.26. The maximum atomic E-state index is 4.34. The van der Waals surface area contributed by atoms with Crippen LogP contribution in [0.1, 0.15) is 19.5 Å². The molecule has 0 aliphatic rings. The molecule has 1 N–H and O–H groups in total. The van der Waals surface area contributed by atoms with Crippen molar-refractivity contribution in [1.82, 2.24) is 15.2 Å². The van der Waals surface area contributed by atoms with Crippen LogP contribution in [0.15, 0.2) is 24.4 Å². The second-order valence-corrected chi connectivity index (χ2v) is 5.50. The SMILES string of the molecule is CNCC(C)(C)CN(C)CCc1ccccn1. The van der Waals surface area contributed by atoms with Gasteiger partial charge in [0.25, 0.3) is 0 Å². The molecule has 1 aromatic heterocycles. The van der Waals surface area contributed by atoms with Crippen LogP contribution in [0, 0.1) is 5.41 Å². The summed E-state index contributed by atoms with van der Waals surface area (Å²) < 4.78 is 0. The number of nitrogens with zero attached hydrogens (tertiary/aromatic N) is 2. The highest BCUT2D eigenvalue weighted by molar-refractivity contribution is 5.03. The smallest absolute Gasteiger partial charge is 0.0416 e. The number of likely N-dealkylation sites (N-methyl/N-ethyl adjacent to an activating group) is 1. The Labute approximate surface area is 105 Å². The molecular weight excluding hydrogens is 210 g/mol. The quantitative estimate of drug-likeness (QED) is 0.781. The second kappa shape index (κ2) is 6.72. The van der Waals surface area contributed by atoms with E-state index in [2.05, 4.69) is 42.2 Å². The molecular formula is C14H25N3. The van der Waals surface area contributed by atoms with Crippen LogP contribution in [0.25, 0.3) is 0 Å².